The number of unbranched alkanes of at least 4 members (excludes halogenated alkanes) is 38. The molecule has 0 fully saturated rings. The molecule has 0 amide bonds. The van der Waals surface area contributed by atoms with E-state index in [4.69, 9.17) is 14.2 Å². The standard InChI is InChI=1S/C77H134O6/c1-4-7-10-13-16-19-22-24-26-28-30-32-34-36-37-38-39-40-41-42-44-45-47-49-51-53-55-58-61-64-67-70-76(79)82-73-74(72-81-75(78)69-66-63-60-57-21-18-15-12-9-6-3)83-77(80)71-68-65-62-59-56-54-52-50-48-46-43-35-33-31-29-27-25-23-20-17-14-11-8-5-2/h7,10,16,19,24,26,30,32,36-37,39-40,42,44,47,49,74H,4-6,8-9,11-15,17-18,20-23,25,27-29,31,33-35,38,41,43,45-46,48,50-73H2,1-3H3/b10-7-,19-16-,26-24-,32-30-,37-36-,40-39-,44-42-,49-47-. The maximum atomic E-state index is 12.9. The zero-order chi connectivity index (χ0) is 59.9. The molecular formula is C77H134O6. The van der Waals surface area contributed by atoms with E-state index in [0.29, 0.717) is 19.3 Å². The zero-order valence-corrected chi connectivity index (χ0v) is 54.9. The molecule has 0 saturated heterocycles. The molecule has 0 aliphatic carbocycles. The van der Waals surface area contributed by atoms with Crippen LogP contribution >= 0.6 is 0 Å². The lowest BCUT2D eigenvalue weighted by Crippen LogP contribution is -2.30. The Hall–Kier alpha value is -3.67. The second kappa shape index (κ2) is 70.8. The van der Waals surface area contributed by atoms with Crippen LogP contribution < -0.4 is 0 Å². The Balaban J connectivity index is 4.23. The molecule has 478 valence electrons. The number of hydrogen-bond donors (Lipinski definition) is 0. The van der Waals surface area contributed by atoms with Gasteiger partial charge in [-0.2, -0.15) is 0 Å². The van der Waals surface area contributed by atoms with Gasteiger partial charge in [-0.3, -0.25) is 14.4 Å². The molecule has 0 aliphatic heterocycles. The Morgan fingerprint density at radius 3 is 0.735 bits per heavy atom. The maximum Gasteiger partial charge on any atom is 0.306 e. The molecule has 0 rings (SSSR count). The smallest absolute Gasteiger partial charge is 0.306 e. The quantitative estimate of drug-likeness (QED) is 0.0261. The van der Waals surface area contributed by atoms with Crippen molar-refractivity contribution in [2.75, 3.05) is 13.2 Å². The van der Waals surface area contributed by atoms with Crippen LogP contribution in [0.1, 0.15) is 355 Å². The molecule has 0 heterocycles. The zero-order valence-electron chi connectivity index (χ0n) is 54.9. The number of esters is 3. The van der Waals surface area contributed by atoms with Crippen LogP contribution in [-0.4, -0.2) is 37.2 Å². The van der Waals surface area contributed by atoms with Gasteiger partial charge < -0.3 is 14.2 Å². The summed E-state index contributed by atoms with van der Waals surface area (Å²) in [6.07, 6.45) is 95.9. The number of carbonyl (C=O) groups is 3. The predicted molar refractivity (Wildman–Crippen MR) is 362 cm³/mol. The van der Waals surface area contributed by atoms with E-state index in [0.717, 1.165) is 122 Å². The van der Waals surface area contributed by atoms with E-state index in [1.807, 2.05) is 0 Å². The molecule has 6 nitrogen and oxygen atoms in total. The van der Waals surface area contributed by atoms with Crippen LogP contribution in [0.3, 0.4) is 0 Å². The summed E-state index contributed by atoms with van der Waals surface area (Å²) in [6, 6.07) is 0. The Morgan fingerprint density at radius 2 is 0.470 bits per heavy atom. The third-order valence-corrected chi connectivity index (χ3v) is 15.6. The Bertz CT molecular complexity index is 1610. The van der Waals surface area contributed by atoms with E-state index in [1.54, 1.807) is 0 Å². The molecule has 0 aromatic rings. The molecule has 0 aromatic heterocycles. The lowest BCUT2D eigenvalue weighted by molar-refractivity contribution is -0.167. The fourth-order valence-corrected chi connectivity index (χ4v) is 10.3. The van der Waals surface area contributed by atoms with Crippen molar-refractivity contribution in [3.63, 3.8) is 0 Å². The Labute approximate surface area is 515 Å². The topological polar surface area (TPSA) is 78.9 Å². The summed E-state index contributed by atoms with van der Waals surface area (Å²) in [5, 5.41) is 0. The highest BCUT2D eigenvalue weighted by atomic mass is 16.6. The summed E-state index contributed by atoms with van der Waals surface area (Å²) in [6.45, 7) is 6.55. The number of carbonyl (C=O) groups excluding carboxylic acids is 3. The van der Waals surface area contributed by atoms with Crippen molar-refractivity contribution >= 4 is 17.9 Å². The molecule has 1 atom stereocenters. The predicted octanol–water partition coefficient (Wildman–Crippen LogP) is 24.8. The molecule has 83 heavy (non-hydrogen) atoms. The van der Waals surface area contributed by atoms with E-state index < -0.39 is 6.10 Å². The van der Waals surface area contributed by atoms with E-state index >= 15 is 0 Å². The van der Waals surface area contributed by atoms with Gasteiger partial charge in [0.25, 0.3) is 0 Å². The summed E-state index contributed by atoms with van der Waals surface area (Å²) >= 11 is 0. The number of ether oxygens (including phenoxy) is 3. The largest absolute Gasteiger partial charge is 0.462 e. The van der Waals surface area contributed by atoms with E-state index in [9.17, 15) is 14.4 Å². The van der Waals surface area contributed by atoms with Gasteiger partial charge in [0, 0.05) is 19.3 Å². The van der Waals surface area contributed by atoms with E-state index in [2.05, 4.69) is 118 Å². The highest BCUT2D eigenvalue weighted by Gasteiger charge is 2.19. The second-order valence-electron chi connectivity index (χ2n) is 23.8. The summed E-state index contributed by atoms with van der Waals surface area (Å²) in [5.41, 5.74) is 0. The van der Waals surface area contributed by atoms with Crippen molar-refractivity contribution in [2.45, 2.75) is 361 Å². The van der Waals surface area contributed by atoms with Gasteiger partial charge in [-0.15, -0.1) is 0 Å². The highest BCUT2D eigenvalue weighted by molar-refractivity contribution is 5.71. The molecule has 0 bridgehead atoms. The summed E-state index contributed by atoms with van der Waals surface area (Å²) in [7, 11) is 0. The highest BCUT2D eigenvalue weighted by Crippen LogP contribution is 2.18. The molecular weight excluding hydrogens is 1020 g/mol. The van der Waals surface area contributed by atoms with Gasteiger partial charge in [0.2, 0.25) is 0 Å². The van der Waals surface area contributed by atoms with Crippen molar-refractivity contribution in [3.05, 3.63) is 97.2 Å². The van der Waals surface area contributed by atoms with Crippen molar-refractivity contribution in [1.82, 2.24) is 0 Å². The first-order valence-electron chi connectivity index (χ1n) is 35.7. The molecule has 0 N–H and O–H groups in total. The van der Waals surface area contributed by atoms with Crippen LogP contribution in [0.2, 0.25) is 0 Å². The van der Waals surface area contributed by atoms with Crippen LogP contribution in [0, 0.1) is 0 Å². The minimum atomic E-state index is -0.782. The van der Waals surface area contributed by atoms with Gasteiger partial charge in [-0.1, -0.05) is 349 Å². The van der Waals surface area contributed by atoms with Gasteiger partial charge >= 0.3 is 17.9 Å². The second-order valence-corrected chi connectivity index (χ2v) is 23.8. The average molecular weight is 1160 g/mol. The van der Waals surface area contributed by atoms with Crippen LogP contribution in [-0.2, 0) is 28.6 Å². The minimum absolute atomic E-state index is 0.0774. The summed E-state index contributed by atoms with van der Waals surface area (Å²) in [5.74, 6) is -0.876. The van der Waals surface area contributed by atoms with E-state index in [1.165, 1.54) is 193 Å². The van der Waals surface area contributed by atoms with E-state index in [-0.39, 0.29) is 31.1 Å². The molecule has 0 saturated carbocycles. The molecule has 6 heteroatoms. The lowest BCUT2D eigenvalue weighted by Gasteiger charge is -2.18. The molecule has 1 unspecified atom stereocenters. The summed E-state index contributed by atoms with van der Waals surface area (Å²) < 4.78 is 16.9. The van der Waals surface area contributed by atoms with Crippen molar-refractivity contribution in [3.8, 4) is 0 Å². The number of rotatable bonds is 65. The van der Waals surface area contributed by atoms with Gasteiger partial charge in [0.15, 0.2) is 6.10 Å². The molecule has 0 radical (unpaired) electrons. The van der Waals surface area contributed by atoms with Crippen LogP contribution in [0.15, 0.2) is 97.2 Å². The lowest BCUT2D eigenvalue weighted by atomic mass is 10.0. The first-order chi connectivity index (χ1) is 41.0. The molecule has 0 spiro atoms. The third-order valence-electron chi connectivity index (χ3n) is 15.6. The number of allylic oxidation sites excluding steroid dienone is 16. The first-order valence-corrected chi connectivity index (χ1v) is 35.7. The minimum Gasteiger partial charge on any atom is -0.462 e. The normalized spacial score (nSPS) is 12.7. The van der Waals surface area contributed by atoms with Crippen LogP contribution in [0.5, 0.6) is 0 Å². The van der Waals surface area contributed by atoms with Crippen LogP contribution in [0.4, 0.5) is 0 Å². The summed E-state index contributed by atoms with van der Waals surface area (Å²) in [4.78, 5) is 38.3. The number of hydrogen-bond acceptors (Lipinski definition) is 6. The van der Waals surface area contributed by atoms with Gasteiger partial charge in [0.1, 0.15) is 13.2 Å². The first kappa shape index (κ1) is 79.3. The third kappa shape index (κ3) is 69.0. The fraction of sp³-hybridized carbons (Fsp3) is 0.753. The maximum absolute atomic E-state index is 12.9. The Morgan fingerprint density at radius 1 is 0.253 bits per heavy atom. The molecule has 0 aliphatic rings. The van der Waals surface area contributed by atoms with Crippen LogP contribution in [0.25, 0.3) is 0 Å². The Kier molecular flexibility index (Phi) is 67.7. The molecule has 0 aromatic carbocycles. The fourth-order valence-electron chi connectivity index (χ4n) is 10.3. The van der Waals surface area contributed by atoms with Gasteiger partial charge in [-0.05, 0) is 83.5 Å². The van der Waals surface area contributed by atoms with Crippen molar-refractivity contribution in [1.29, 1.82) is 0 Å². The van der Waals surface area contributed by atoms with Crippen molar-refractivity contribution in [2.24, 2.45) is 0 Å². The van der Waals surface area contributed by atoms with Gasteiger partial charge in [0.05, 0.1) is 0 Å². The van der Waals surface area contributed by atoms with Gasteiger partial charge in [-0.25, -0.2) is 0 Å². The monoisotopic (exact) mass is 1160 g/mol. The SMILES string of the molecule is CC/C=C\C/C=C\C/C=C\C/C=C\C/C=C\C/C=C\C/C=C\C/C=C\CCCCCCCCC(=O)OCC(COC(=O)CCCCCCCCCCCC)OC(=O)CCCCCCCCCCCCCCCCCCCCCCCCCC. The average Bonchev–Trinajstić information content (AvgIpc) is 3.48. The van der Waals surface area contributed by atoms with Crippen molar-refractivity contribution < 1.29 is 28.6 Å².